The molecule has 0 atom stereocenters. The summed E-state index contributed by atoms with van der Waals surface area (Å²) in [4.78, 5) is 32.6. The molecule has 32 heavy (non-hydrogen) atoms. The van der Waals surface area contributed by atoms with Gasteiger partial charge in [-0.2, -0.15) is 0 Å². The molecule has 0 radical (unpaired) electrons. The fraction of sp³-hybridized carbons (Fsp3) is 0.893. The van der Waals surface area contributed by atoms with Gasteiger partial charge in [0.25, 0.3) is 0 Å². The number of carboxylic acids is 1. The van der Waals surface area contributed by atoms with Crippen molar-refractivity contribution in [3.63, 3.8) is 0 Å². The number of Topliss-reactive ketones (excluding diaryl/α,β-unsaturated/α-hetero) is 1. The average Bonchev–Trinajstić information content (AvgIpc) is 2.77. The Morgan fingerprint density at radius 1 is 0.438 bits per heavy atom. The molecule has 0 aromatic rings. The first kappa shape index (κ1) is 30.8. The molecule has 0 aromatic carbocycles. The van der Waals surface area contributed by atoms with E-state index in [4.69, 9.17) is 5.11 Å². The molecular formula is C28H52O4. The Morgan fingerprint density at radius 2 is 0.719 bits per heavy atom. The molecule has 4 nitrogen and oxygen atoms in total. The van der Waals surface area contributed by atoms with Gasteiger partial charge in [-0.25, -0.2) is 0 Å². The molecule has 0 aliphatic heterocycles. The minimum Gasteiger partial charge on any atom is -0.481 e. The number of aliphatic carboxylic acids is 1. The first-order valence-electron chi connectivity index (χ1n) is 13.8. The van der Waals surface area contributed by atoms with Crippen LogP contribution < -0.4 is 0 Å². The summed E-state index contributed by atoms with van der Waals surface area (Å²) in [5, 5.41) is 8.59. The van der Waals surface area contributed by atoms with E-state index < -0.39 is 5.97 Å². The molecule has 0 bridgehead atoms. The number of ketones is 1. The Balaban J connectivity index is 3.15. The topological polar surface area (TPSA) is 71.4 Å². The van der Waals surface area contributed by atoms with Gasteiger partial charge in [0.1, 0.15) is 12.1 Å². The number of carboxylic acid groups (broad SMARTS) is 1. The molecule has 0 aromatic heterocycles. The number of carbonyl (C=O) groups excluding carboxylic acids is 2. The van der Waals surface area contributed by atoms with Crippen LogP contribution in [-0.2, 0) is 14.4 Å². The lowest BCUT2D eigenvalue weighted by molar-refractivity contribution is -0.137. The Labute approximate surface area is 198 Å². The zero-order valence-electron chi connectivity index (χ0n) is 20.9. The molecule has 0 unspecified atom stereocenters. The molecule has 0 saturated heterocycles. The zero-order chi connectivity index (χ0) is 23.5. The highest BCUT2D eigenvalue weighted by atomic mass is 16.4. The summed E-state index contributed by atoms with van der Waals surface area (Å²) in [6.07, 6.45) is 28.9. The summed E-state index contributed by atoms with van der Waals surface area (Å²) >= 11 is 0. The largest absolute Gasteiger partial charge is 0.481 e. The van der Waals surface area contributed by atoms with Gasteiger partial charge in [0.05, 0.1) is 0 Å². The highest BCUT2D eigenvalue weighted by Crippen LogP contribution is 2.15. The third-order valence-electron chi connectivity index (χ3n) is 6.37. The van der Waals surface area contributed by atoms with Crippen molar-refractivity contribution in [2.24, 2.45) is 0 Å². The lowest BCUT2D eigenvalue weighted by atomic mass is 10.0. The van der Waals surface area contributed by atoms with E-state index in [1.165, 1.54) is 83.5 Å². The first-order chi connectivity index (χ1) is 15.7. The van der Waals surface area contributed by atoms with Gasteiger partial charge in [-0.15, -0.1) is 0 Å². The van der Waals surface area contributed by atoms with Gasteiger partial charge in [-0.1, -0.05) is 109 Å². The van der Waals surface area contributed by atoms with E-state index in [0.29, 0.717) is 5.78 Å². The second-order valence-corrected chi connectivity index (χ2v) is 9.56. The van der Waals surface area contributed by atoms with Crippen LogP contribution in [0.1, 0.15) is 161 Å². The van der Waals surface area contributed by atoms with Crippen molar-refractivity contribution in [3.05, 3.63) is 0 Å². The summed E-state index contributed by atoms with van der Waals surface area (Å²) < 4.78 is 0. The molecule has 0 saturated carbocycles. The molecule has 0 fully saturated rings. The Bertz CT molecular complexity index is 433. The summed E-state index contributed by atoms with van der Waals surface area (Å²) in [6, 6.07) is 0. The van der Waals surface area contributed by atoms with Gasteiger partial charge >= 0.3 is 5.97 Å². The van der Waals surface area contributed by atoms with Gasteiger partial charge in [-0.3, -0.25) is 9.59 Å². The maximum atomic E-state index is 11.9. The fourth-order valence-electron chi connectivity index (χ4n) is 4.28. The van der Waals surface area contributed by atoms with Crippen LogP contribution in [-0.4, -0.2) is 23.1 Å². The monoisotopic (exact) mass is 452 g/mol. The molecular weight excluding hydrogens is 400 g/mol. The van der Waals surface area contributed by atoms with Crippen LogP contribution in [0.5, 0.6) is 0 Å². The number of rotatable bonds is 27. The van der Waals surface area contributed by atoms with Crippen molar-refractivity contribution < 1.29 is 19.5 Å². The van der Waals surface area contributed by atoms with Crippen molar-refractivity contribution >= 4 is 18.0 Å². The molecule has 0 amide bonds. The normalized spacial score (nSPS) is 11.0. The zero-order valence-corrected chi connectivity index (χ0v) is 20.9. The smallest absolute Gasteiger partial charge is 0.303 e. The minimum atomic E-state index is -0.701. The molecule has 0 heterocycles. The van der Waals surface area contributed by atoms with Crippen LogP contribution in [0.15, 0.2) is 0 Å². The summed E-state index contributed by atoms with van der Waals surface area (Å²) in [5.74, 6) is -0.273. The SMILES string of the molecule is O=CCCCCCCCCCCCCCCCCCC(=O)CCCCCCCCC(=O)O. The molecule has 0 aliphatic carbocycles. The Hall–Kier alpha value is -1.19. The van der Waals surface area contributed by atoms with Crippen LogP contribution in [0.25, 0.3) is 0 Å². The van der Waals surface area contributed by atoms with Crippen LogP contribution >= 0.6 is 0 Å². The Kier molecular flexibility index (Phi) is 25.1. The number of aldehydes is 1. The standard InChI is InChI=1S/C28H52O4/c29-26-22-18-14-10-8-6-4-2-1-3-5-7-9-11-15-19-23-27(30)24-20-16-12-13-17-21-25-28(31)32/h26H,1-25H2,(H,31,32). The number of unbranched alkanes of at least 4 members (excludes halogenated alkanes) is 20. The summed E-state index contributed by atoms with van der Waals surface area (Å²) in [7, 11) is 0. The highest BCUT2D eigenvalue weighted by Gasteiger charge is 2.02. The van der Waals surface area contributed by atoms with Crippen LogP contribution in [0.3, 0.4) is 0 Å². The van der Waals surface area contributed by atoms with E-state index in [2.05, 4.69) is 0 Å². The van der Waals surface area contributed by atoms with Gasteiger partial charge in [-0.05, 0) is 25.7 Å². The maximum Gasteiger partial charge on any atom is 0.303 e. The van der Waals surface area contributed by atoms with Crippen molar-refractivity contribution in [1.29, 1.82) is 0 Å². The molecule has 1 N–H and O–H groups in total. The quantitative estimate of drug-likeness (QED) is 0.1000. The third kappa shape index (κ3) is 26.8. The lowest BCUT2D eigenvalue weighted by Gasteiger charge is -2.04. The predicted molar refractivity (Wildman–Crippen MR) is 134 cm³/mol. The number of hydrogen-bond donors (Lipinski definition) is 1. The van der Waals surface area contributed by atoms with Crippen molar-refractivity contribution in [2.45, 2.75) is 161 Å². The van der Waals surface area contributed by atoms with Gasteiger partial charge in [0.2, 0.25) is 0 Å². The molecule has 0 aliphatic rings. The van der Waals surface area contributed by atoms with E-state index in [-0.39, 0.29) is 6.42 Å². The van der Waals surface area contributed by atoms with Crippen LogP contribution in [0, 0.1) is 0 Å². The van der Waals surface area contributed by atoms with Crippen molar-refractivity contribution in [1.82, 2.24) is 0 Å². The molecule has 4 heteroatoms. The highest BCUT2D eigenvalue weighted by molar-refractivity contribution is 5.78. The van der Waals surface area contributed by atoms with E-state index in [1.807, 2.05) is 0 Å². The van der Waals surface area contributed by atoms with Gasteiger partial charge in [0.15, 0.2) is 0 Å². The molecule has 188 valence electrons. The molecule has 0 spiro atoms. The van der Waals surface area contributed by atoms with Gasteiger partial charge in [0, 0.05) is 25.7 Å². The van der Waals surface area contributed by atoms with Gasteiger partial charge < -0.3 is 9.90 Å². The number of hydrogen-bond acceptors (Lipinski definition) is 3. The van der Waals surface area contributed by atoms with E-state index in [1.54, 1.807) is 0 Å². The molecule has 0 rings (SSSR count). The third-order valence-corrected chi connectivity index (χ3v) is 6.37. The second-order valence-electron chi connectivity index (χ2n) is 9.56. The maximum absolute atomic E-state index is 11.9. The summed E-state index contributed by atoms with van der Waals surface area (Å²) in [6.45, 7) is 0. The van der Waals surface area contributed by atoms with Crippen molar-refractivity contribution in [2.75, 3.05) is 0 Å². The van der Waals surface area contributed by atoms with Crippen molar-refractivity contribution in [3.8, 4) is 0 Å². The predicted octanol–water partition coefficient (Wildman–Crippen LogP) is 8.59. The number of carbonyl (C=O) groups is 3. The lowest BCUT2D eigenvalue weighted by Crippen LogP contribution is -1.97. The minimum absolute atomic E-state index is 0.282. The Morgan fingerprint density at radius 3 is 1.03 bits per heavy atom. The van der Waals surface area contributed by atoms with E-state index in [0.717, 1.165) is 76.9 Å². The van der Waals surface area contributed by atoms with E-state index in [9.17, 15) is 14.4 Å². The van der Waals surface area contributed by atoms with Crippen LogP contribution in [0.4, 0.5) is 0 Å². The average molecular weight is 453 g/mol. The second kappa shape index (κ2) is 26.1. The first-order valence-corrected chi connectivity index (χ1v) is 13.8. The summed E-state index contributed by atoms with van der Waals surface area (Å²) in [5.41, 5.74) is 0. The van der Waals surface area contributed by atoms with Crippen LogP contribution in [0.2, 0.25) is 0 Å². The fourth-order valence-corrected chi connectivity index (χ4v) is 4.28. The van der Waals surface area contributed by atoms with E-state index >= 15 is 0 Å².